The molecule has 19 heavy (non-hydrogen) atoms. The van der Waals surface area contributed by atoms with Gasteiger partial charge in [-0.3, -0.25) is 4.79 Å². The summed E-state index contributed by atoms with van der Waals surface area (Å²) in [6.07, 6.45) is 8.37. The highest BCUT2D eigenvalue weighted by atomic mass is 16.4. The fourth-order valence-corrected chi connectivity index (χ4v) is 4.54. The fourth-order valence-electron chi connectivity index (χ4n) is 4.54. The lowest BCUT2D eigenvalue weighted by Crippen LogP contribution is -2.38. The van der Waals surface area contributed by atoms with Gasteiger partial charge in [-0.1, -0.05) is 40.0 Å². The predicted molar refractivity (Wildman–Crippen MR) is 77.9 cm³/mol. The van der Waals surface area contributed by atoms with Crippen molar-refractivity contribution in [3.63, 3.8) is 0 Å². The first-order valence-electron chi connectivity index (χ1n) is 8.21. The zero-order valence-corrected chi connectivity index (χ0v) is 12.8. The minimum Gasteiger partial charge on any atom is -0.481 e. The van der Waals surface area contributed by atoms with Crippen LogP contribution in [0.1, 0.15) is 65.7 Å². The molecular weight excluding hydrogens is 236 g/mol. The van der Waals surface area contributed by atoms with E-state index < -0.39 is 5.97 Å². The maximum Gasteiger partial charge on any atom is 0.306 e. The van der Waals surface area contributed by atoms with E-state index in [1.165, 1.54) is 25.7 Å². The minimum atomic E-state index is -0.537. The molecule has 0 aromatic carbocycles. The Hall–Kier alpha value is -0.530. The molecule has 0 bridgehead atoms. The second-order valence-electron chi connectivity index (χ2n) is 7.46. The molecule has 0 aromatic heterocycles. The van der Waals surface area contributed by atoms with Gasteiger partial charge >= 0.3 is 5.97 Å². The second kappa shape index (κ2) is 6.28. The molecule has 2 saturated carbocycles. The van der Waals surface area contributed by atoms with Crippen LogP contribution in [0.2, 0.25) is 0 Å². The van der Waals surface area contributed by atoms with Crippen molar-refractivity contribution in [1.29, 1.82) is 0 Å². The molecule has 2 fully saturated rings. The highest BCUT2D eigenvalue weighted by Gasteiger charge is 2.40. The van der Waals surface area contributed by atoms with E-state index >= 15 is 0 Å². The number of hydrogen-bond acceptors (Lipinski definition) is 1. The van der Waals surface area contributed by atoms with Gasteiger partial charge in [0.15, 0.2) is 0 Å². The molecule has 2 aliphatic rings. The summed E-state index contributed by atoms with van der Waals surface area (Å²) in [6.45, 7) is 6.93. The Morgan fingerprint density at radius 1 is 1.11 bits per heavy atom. The van der Waals surface area contributed by atoms with Crippen LogP contribution in [0.5, 0.6) is 0 Å². The van der Waals surface area contributed by atoms with Gasteiger partial charge in [-0.2, -0.15) is 0 Å². The third kappa shape index (κ3) is 3.52. The number of hydrogen-bond donors (Lipinski definition) is 1. The average Bonchev–Trinajstić information content (AvgIpc) is 2.37. The van der Waals surface area contributed by atoms with E-state index in [4.69, 9.17) is 0 Å². The fraction of sp³-hybridized carbons (Fsp3) is 0.941. The van der Waals surface area contributed by atoms with Crippen molar-refractivity contribution in [1.82, 2.24) is 0 Å². The molecule has 110 valence electrons. The highest BCUT2D eigenvalue weighted by Crippen LogP contribution is 2.46. The Morgan fingerprint density at radius 3 is 2.42 bits per heavy atom. The van der Waals surface area contributed by atoms with Crippen molar-refractivity contribution in [2.45, 2.75) is 65.7 Å². The van der Waals surface area contributed by atoms with Gasteiger partial charge in [0.25, 0.3) is 0 Å². The number of rotatable bonds is 3. The molecule has 2 heteroatoms. The molecule has 5 atom stereocenters. The lowest BCUT2D eigenvalue weighted by Gasteiger charge is -2.42. The van der Waals surface area contributed by atoms with Gasteiger partial charge in [0, 0.05) is 0 Å². The molecule has 0 amide bonds. The molecule has 0 spiro atoms. The van der Waals surface area contributed by atoms with Gasteiger partial charge in [0.2, 0.25) is 0 Å². The summed E-state index contributed by atoms with van der Waals surface area (Å²) in [5.41, 5.74) is 0. The zero-order chi connectivity index (χ0) is 14.0. The van der Waals surface area contributed by atoms with Gasteiger partial charge < -0.3 is 5.11 Å². The van der Waals surface area contributed by atoms with E-state index in [1.807, 2.05) is 0 Å². The summed E-state index contributed by atoms with van der Waals surface area (Å²) in [5, 5.41) is 9.53. The van der Waals surface area contributed by atoms with Crippen LogP contribution < -0.4 is 0 Å². The third-order valence-corrected chi connectivity index (χ3v) is 5.78. The predicted octanol–water partition coefficient (Wildman–Crippen LogP) is 4.59. The van der Waals surface area contributed by atoms with Crippen LogP contribution in [0.25, 0.3) is 0 Å². The van der Waals surface area contributed by atoms with Crippen LogP contribution in [0.3, 0.4) is 0 Å². The van der Waals surface area contributed by atoms with E-state index in [0.717, 1.165) is 31.1 Å². The standard InChI is InChI=1S/C17H30O2/c1-11(2)13-7-8-15(17(18)19)16(10-13)14-6-4-5-12(3)9-14/h11-16H,4-10H2,1-3H3,(H,18,19). The van der Waals surface area contributed by atoms with Gasteiger partial charge in [0.1, 0.15) is 0 Å². The lowest BCUT2D eigenvalue weighted by atomic mass is 9.62. The summed E-state index contributed by atoms with van der Waals surface area (Å²) in [4.78, 5) is 11.6. The summed E-state index contributed by atoms with van der Waals surface area (Å²) in [5.74, 6) is 2.77. The summed E-state index contributed by atoms with van der Waals surface area (Å²) in [6, 6.07) is 0. The number of carbonyl (C=O) groups is 1. The van der Waals surface area contributed by atoms with Crippen molar-refractivity contribution in [2.75, 3.05) is 0 Å². The maximum atomic E-state index is 11.6. The van der Waals surface area contributed by atoms with Crippen LogP contribution in [-0.2, 0) is 4.79 Å². The number of carboxylic acids is 1. The summed E-state index contributed by atoms with van der Waals surface area (Å²) >= 11 is 0. The molecule has 2 rings (SSSR count). The van der Waals surface area contributed by atoms with E-state index in [1.54, 1.807) is 0 Å². The molecule has 0 radical (unpaired) electrons. The van der Waals surface area contributed by atoms with E-state index in [2.05, 4.69) is 20.8 Å². The summed E-state index contributed by atoms with van der Waals surface area (Å²) < 4.78 is 0. The molecule has 0 aliphatic heterocycles. The molecule has 0 heterocycles. The molecule has 0 saturated heterocycles. The first-order valence-corrected chi connectivity index (χ1v) is 8.21. The zero-order valence-electron chi connectivity index (χ0n) is 12.8. The Morgan fingerprint density at radius 2 is 1.84 bits per heavy atom. The Kier molecular flexibility index (Phi) is 4.92. The monoisotopic (exact) mass is 266 g/mol. The minimum absolute atomic E-state index is 0.0645. The van der Waals surface area contributed by atoms with E-state index in [9.17, 15) is 9.90 Å². The molecule has 2 nitrogen and oxygen atoms in total. The van der Waals surface area contributed by atoms with E-state index in [-0.39, 0.29) is 5.92 Å². The first kappa shape index (κ1) is 14.9. The Bertz CT molecular complexity index is 310. The summed E-state index contributed by atoms with van der Waals surface area (Å²) in [7, 11) is 0. The van der Waals surface area contributed by atoms with Crippen molar-refractivity contribution < 1.29 is 9.90 Å². The van der Waals surface area contributed by atoms with Crippen LogP contribution in [0, 0.1) is 35.5 Å². The van der Waals surface area contributed by atoms with Crippen molar-refractivity contribution >= 4 is 5.97 Å². The van der Waals surface area contributed by atoms with Crippen molar-refractivity contribution in [3.05, 3.63) is 0 Å². The van der Waals surface area contributed by atoms with Crippen LogP contribution in [0.15, 0.2) is 0 Å². The van der Waals surface area contributed by atoms with Crippen molar-refractivity contribution in [2.24, 2.45) is 35.5 Å². The topological polar surface area (TPSA) is 37.3 Å². The number of aliphatic carboxylic acids is 1. The van der Waals surface area contributed by atoms with Crippen LogP contribution >= 0.6 is 0 Å². The third-order valence-electron chi connectivity index (χ3n) is 5.78. The smallest absolute Gasteiger partial charge is 0.306 e. The first-order chi connectivity index (χ1) is 8.99. The molecular formula is C17H30O2. The van der Waals surface area contributed by atoms with Crippen molar-refractivity contribution in [3.8, 4) is 0 Å². The van der Waals surface area contributed by atoms with Gasteiger partial charge in [-0.15, -0.1) is 0 Å². The van der Waals surface area contributed by atoms with E-state index in [0.29, 0.717) is 17.8 Å². The normalized spacial score (nSPS) is 40.3. The molecule has 1 N–H and O–H groups in total. The number of carboxylic acid groups (broad SMARTS) is 1. The Labute approximate surface area is 118 Å². The van der Waals surface area contributed by atoms with Gasteiger partial charge in [-0.25, -0.2) is 0 Å². The van der Waals surface area contributed by atoms with Crippen LogP contribution in [0.4, 0.5) is 0 Å². The molecule has 2 aliphatic carbocycles. The highest BCUT2D eigenvalue weighted by molar-refractivity contribution is 5.70. The second-order valence-corrected chi connectivity index (χ2v) is 7.46. The lowest BCUT2D eigenvalue weighted by molar-refractivity contribution is -0.147. The largest absolute Gasteiger partial charge is 0.481 e. The SMILES string of the molecule is CC1CCCC(C2CC(C(C)C)CCC2C(=O)O)C1. The molecule has 0 aromatic rings. The molecule has 5 unspecified atom stereocenters. The average molecular weight is 266 g/mol. The van der Waals surface area contributed by atoms with Gasteiger partial charge in [-0.05, 0) is 55.3 Å². The Balaban J connectivity index is 2.08. The van der Waals surface area contributed by atoms with Gasteiger partial charge in [0.05, 0.1) is 5.92 Å². The van der Waals surface area contributed by atoms with Crippen LogP contribution in [-0.4, -0.2) is 11.1 Å². The maximum absolute atomic E-state index is 11.6. The quantitative estimate of drug-likeness (QED) is 0.811.